The summed E-state index contributed by atoms with van der Waals surface area (Å²) < 4.78 is 7.52. The second-order valence-corrected chi connectivity index (χ2v) is 4.63. The average molecular weight is 261 g/mol. The Morgan fingerprint density at radius 1 is 1.42 bits per heavy atom. The molecule has 6 heteroatoms. The lowest BCUT2D eigenvalue weighted by atomic mass is 10.2. The van der Waals surface area contributed by atoms with Gasteiger partial charge in [-0.3, -0.25) is 0 Å². The third kappa shape index (κ3) is 3.37. The van der Waals surface area contributed by atoms with Gasteiger partial charge in [0, 0.05) is 18.8 Å². The molecule has 0 unspecified atom stereocenters. The van der Waals surface area contributed by atoms with Crippen LogP contribution in [0.3, 0.4) is 0 Å². The average Bonchev–Trinajstić information content (AvgIpc) is 2.75. The maximum atomic E-state index is 5.87. The fourth-order valence-corrected chi connectivity index (χ4v) is 1.65. The Balaban J connectivity index is 2.06. The lowest BCUT2D eigenvalue weighted by Crippen LogP contribution is -2.09. The second-order valence-electron chi connectivity index (χ2n) is 4.63. The van der Waals surface area contributed by atoms with E-state index in [2.05, 4.69) is 15.5 Å². The molecule has 102 valence electrons. The maximum Gasteiger partial charge on any atom is 0.151 e. The highest BCUT2D eigenvalue weighted by Crippen LogP contribution is 2.26. The van der Waals surface area contributed by atoms with Crippen LogP contribution in [0.15, 0.2) is 24.5 Å². The third-order valence-electron chi connectivity index (χ3n) is 2.63. The number of benzene rings is 1. The van der Waals surface area contributed by atoms with Gasteiger partial charge in [0.2, 0.25) is 0 Å². The van der Waals surface area contributed by atoms with Crippen LogP contribution in [0.25, 0.3) is 0 Å². The fraction of sp³-hybridized carbons (Fsp3) is 0.385. The van der Waals surface area contributed by atoms with E-state index in [1.807, 2.05) is 43.7 Å². The zero-order chi connectivity index (χ0) is 13.8. The van der Waals surface area contributed by atoms with Crippen molar-refractivity contribution in [1.29, 1.82) is 0 Å². The summed E-state index contributed by atoms with van der Waals surface area (Å²) in [6.07, 6.45) is 1.77. The van der Waals surface area contributed by atoms with Crippen molar-refractivity contribution < 1.29 is 4.74 Å². The van der Waals surface area contributed by atoms with Gasteiger partial charge in [-0.25, -0.2) is 0 Å². The van der Waals surface area contributed by atoms with Crippen molar-refractivity contribution in [3.8, 4) is 5.75 Å². The number of nitrogen functional groups attached to an aromatic ring is 1. The van der Waals surface area contributed by atoms with Gasteiger partial charge in [-0.2, -0.15) is 0 Å². The van der Waals surface area contributed by atoms with Crippen LogP contribution in [0, 0.1) is 0 Å². The summed E-state index contributed by atoms with van der Waals surface area (Å²) in [6.45, 7) is 4.54. The number of aromatic nitrogens is 3. The van der Waals surface area contributed by atoms with Gasteiger partial charge in [-0.15, -0.1) is 10.2 Å². The minimum atomic E-state index is 0.0938. The summed E-state index contributed by atoms with van der Waals surface area (Å²) in [6, 6.07) is 5.64. The molecule has 0 atom stereocenters. The molecule has 0 saturated heterocycles. The Bertz CT molecular complexity index is 550. The molecule has 6 nitrogen and oxygen atoms in total. The van der Waals surface area contributed by atoms with Crippen LogP contribution in [-0.4, -0.2) is 20.9 Å². The standard InChI is InChI=1S/C13H19N5O/c1-9(2)19-12-6-10(4-5-11(12)14)15-7-13-17-16-8-18(13)3/h4-6,8-9,15H,7,14H2,1-3H3. The summed E-state index contributed by atoms with van der Waals surface area (Å²) >= 11 is 0. The van der Waals surface area contributed by atoms with Crippen LogP contribution in [-0.2, 0) is 13.6 Å². The molecule has 0 aliphatic rings. The van der Waals surface area contributed by atoms with Crippen LogP contribution in [0.1, 0.15) is 19.7 Å². The largest absolute Gasteiger partial charge is 0.489 e. The molecule has 0 aliphatic carbocycles. The van der Waals surface area contributed by atoms with Gasteiger partial charge >= 0.3 is 0 Å². The monoisotopic (exact) mass is 261 g/mol. The molecule has 0 bridgehead atoms. The van der Waals surface area contributed by atoms with E-state index in [-0.39, 0.29) is 6.10 Å². The van der Waals surface area contributed by atoms with Crippen LogP contribution in [0.2, 0.25) is 0 Å². The van der Waals surface area contributed by atoms with E-state index in [1.165, 1.54) is 0 Å². The van der Waals surface area contributed by atoms with Gasteiger partial charge in [0.15, 0.2) is 5.82 Å². The van der Waals surface area contributed by atoms with Gasteiger partial charge < -0.3 is 20.4 Å². The van der Waals surface area contributed by atoms with Crippen molar-refractivity contribution in [3.63, 3.8) is 0 Å². The first kappa shape index (κ1) is 13.2. The van der Waals surface area contributed by atoms with Crippen molar-refractivity contribution in [3.05, 3.63) is 30.4 Å². The molecule has 1 heterocycles. The molecule has 0 amide bonds. The van der Waals surface area contributed by atoms with E-state index in [1.54, 1.807) is 6.33 Å². The molecule has 2 rings (SSSR count). The Morgan fingerprint density at radius 2 is 2.21 bits per heavy atom. The first-order valence-electron chi connectivity index (χ1n) is 6.19. The predicted octanol–water partition coefficient (Wildman–Crippen LogP) is 1.80. The number of rotatable bonds is 5. The maximum absolute atomic E-state index is 5.87. The normalized spacial score (nSPS) is 10.7. The van der Waals surface area contributed by atoms with Gasteiger partial charge in [0.25, 0.3) is 0 Å². The second kappa shape index (κ2) is 5.60. The number of nitrogens with two attached hydrogens (primary N) is 1. The summed E-state index contributed by atoms with van der Waals surface area (Å²) in [4.78, 5) is 0. The van der Waals surface area contributed by atoms with Crippen LogP contribution >= 0.6 is 0 Å². The Labute approximate surface area is 112 Å². The molecular weight excluding hydrogens is 242 g/mol. The first-order valence-corrected chi connectivity index (χ1v) is 6.19. The first-order chi connectivity index (χ1) is 9.06. The number of ether oxygens (including phenoxy) is 1. The Morgan fingerprint density at radius 3 is 2.84 bits per heavy atom. The molecule has 19 heavy (non-hydrogen) atoms. The van der Waals surface area contributed by atoms with Gasteiger partial charge in [-0.1, -0.05) is 0 Å². The number of nitrogens with zero attached hydrogens (tertiary/aromatic N) is 3. The molecule has 3 N–H and O–H groups in total. The van der Waals surface area contributed by atoms with Gasteiger partial charge in [0.1, 0.15) is 12.1 Å². The van der Waals surface area contributed by atoms with Crippen LogP contribution < -0.4 is 15.8 Å². The Kier molecular flexibility index (Phi) is 3.89. The van der Waals surface area contributed by atoms with Crippen molar-refractivity contribution in [2.24, 2.45) is 7.05 Å². The van der Waals surface area contributed by atoms with E-state index >= 15 is 0 Å². The zero-order valence-electron chi connectivity index (χ0n) is 11.4. The molecule has 0 spiro atoms. The van der Waals surface area contributed by atoms with E-state index in [0.29, 0.717) is 18.0 Å². The lowest BCUT2D eigenvalue weighted by Gasteiger charge is -2.14. The molecular formula is C13H19N5O. The van der Waals surface area contributed by atoms with Crippen molar-refractivity contribution in [2.75, 3.05) is 11.1 Å². The lowest BCUT2D eigenvalue weighted by molar-refractivity contribution is 0.244. The number of nitrogens with one attached hydrogen (secondary N) is 1. The van der Waals surface area contributed by atoms with E-state index in [0.717, 1.165) is 11.5 Å². The molecule has 0 fully saturated rings. The summed E-state index contributed by atoms with van der Waals surface area (Å²) in [5.74, 6) is 1.56. The summed E-state index contributed by atoms with van der Waals surface area (Å²) in [5, 5.41) is 11.1. The molecule has 0 radical (unpaired) electrons. The molecule has 2 aromatic rings. The van der Waals surface area contributed by atoms with Crippen molar-refractivity contribution in [1.82, 2.24) is 14.8 Å². The zero-order valence-corrected chi connectivity index (χ0v) is 11.4. The molecule has 0 saturated carbocycles. The summed E-state index contributed by atoms with van der Waals surface area (Å²) in [5.41, 5.74) is 7.45. The van der Waals surface area contributed by atoms with E-state index in [4.69, 9.17) is 10.5 Å². The smallest absolute Gasteiger partial charge is 0.151 e. The van der Waals surface area contributed by atoms with Crippen LogP contribution in [0.4, 0.5) is 11.4 Å². The highest BCUT2D eigenvalue weighted by molar-refractivity contribution is 5.61. The third-order valence-corrected chi connectivity index (χ3v) is 2.63. The topological polar surface area (TPSA) is 78.0 Å². The molecule has 0 aliphatic heterocycles. The summed E-state index contributed by atoms with van der Waals surface area (Å²) in [7, 11) is 1.91. The minimum Gasteiger partial charge on any atom is -0.489 e. The SMILES string of the molecule is CC(C)Oc1cc(NCc2nncn2C)ccc1N. The van der Waals surface area contributed by atoms with Crippen molar-refractivity contribution in [2.45, 2.75) is 26.5 Å². The van der Waals surface area contributed by atoms with Gasteiger partial charge in [-0.05, 0) is 26.0 Å². The van der Waals surface area contributed by atoms with E-state index < -0.39 is 0 Å². The number of anilines is 2. The number of hydrogen-bond donors (Lipinski definition) is 2. The van der Waals surface area contributed by atoms with Gasteiger partial charge in [0.05, 0.1) is 18.3 Å². The Hall–Kier alpha value is -2.24. The highest BCUT2D eigenvalue weighted by Gasteiger charge is 2.05. The molecule has 1 aromatic heterocycles. The fourth-order valence-electron chi connectivity index (χ4n) is 1.65. The van der Waals surface area contributed by atoms with Crippen LogP contribution in [0.5, 0.6) is 5.75 Å². The minimum absolute atomic E-state index is 0.0938. The quantitative estimate of drug-likeness (QED) is 0.802. The van der Waals surface area contributed by atoms with E-state index in [9.17, 15) is 0 Å². The predicted molar refractivity (Wildman–Crippen MR) is 74.9 cm³/mol. The molecule has 1 aromatic carbocycles. The number of hydrogen-bond acceptors (Lipinski definition) is 5. The number of aryl methyl sites for hydroxylation is 1. The van der Waals surface area contributed by atoms with Crippen molar-refractivity contribution >= 4 is 11.4 Å². The highest BCUT2D eigenvalue weighted by atomic mass is 16.5.